The molecule has 3 rings (SSSR count). The van der Waals surface area contributed by atoms with Crippen molar-refractivity contribution in [2.24, 2.45) is 5.92 Å². The molecule has 1 saturated carbocycles. The second-order valence-corrected chi connectivity index (χ2v) is 12.2. The standard InChI is InChI=1S/C25H39N3O4S/c1-25(2,3)20-9-11-22(12-10-20)33(31,32)26-16-13-23(29)27-21-14-17-28(18-15-21)24(30)19-7-5-4-6-8-19/h9-12,19,21,26H,4-8,13-18H2,1-3H3,(H,27,29). The van der Waals surface area contributed by atoms with Gasteiger partial charge in [-0.05, 0) is 48.8 Å². The van der Waals surface area contributed by atoms with Crippen molar-refractivity contribution in [1.29, 1.82) is 0 Å². The number of hydrogen-bond acceptors (Lipinski definition) is 4. The first-order valence-corrected chi connectivity index (χ1v) is 13.7. The molecule has 7 nitrogen and oxygen atoms in total. The first-order chi connectivity index (χ1) is 15.6. The van der Waals surface area contributed by atoms with Crippen LogP contribution in [0.15, 0.2) is 29.2 Å². The molecule has 2 amide bonds. The van der Waals surface area contributed by atoms with Crippen molar-refractivity contribution in [3.8, 4) is 0 Å². The Morgan fingerprint density at radius 3 is 2.15 bits per heavy atom. The summed E-state index contributed by atoms with van der Waals surface area (Å²) >= 11 is 0. The fraction of sp³-hybridized carbons (Fsp3) is 0.680. The van der Waals surface area contributed by atoms with Gasteiger partial charge in [-0.3, -0.25) is 9.59 Å². The van der Waals surface area contributed by atoms with Gasteiger partial charge in [0.15, 0.2) is 0 Å². The monoisotopic (exact) mass is 477 g/mol. The largest absolute Gasteiger partial charge is 0.353 e. The maximum Gasteiger partial charge on any atom is 0.240 e. The van der Waals surface area contributed by atoms with Gasteiger partial charge >= 0.3 is 0 Å². The molecule has 2 fully saturated rings. The van der Waals surface area contributed by atoms with E-state index < -0.39 is 10.0 Å². The summed E-state index contributed by atoms with van der Waals surface area (Å²) in [4.78, 5) is 27.2. The van der Waals surface area contributed by atoms with E-state index in [1.54, 1.807) is 12.1 Å². The molecule has 1 aromatic carbocycles. The fourth-order valence-electron chi connectivity index (χ4n) is 4.67. The molecule has 0 spiro atoms. The smallest absolute Gasteiger partial charge is 0.240 e. The van der Waals surface area contributed by atoms with Crippen LogP contribution in [0.4, 0.5) is 0 Å². The molecule has 1 aliphatic heterocycles. The van der Waals surface area contributed by atoms with Crippen LogP contribution in [0.5, 0.6) is 0 Å². The first-order valence-electron chi connectivity index (χ1n) is 12.2. The zero-order valence-electron chi connectivity index (χ0n) is 20.2. The number of likely N-dealkylation sites (tertiary alicyclic amines) is 1. The van der Waals surface area contributed by atoms with Gasteiger partial charge in [0.2, 0.25) is 21.8 Å². The quantitative estimate of drug-likeness (QED) is 0.630. The summed E-state index contributed by atoms with van der Waals surface area (Å²) < 4.78 is 27.5. The molecule has 184 valence electrons. The Balaban J connectivity index is 1.38. The lowest BCUT2D eigenvalue weighted by molar-refractivity contribution is -0.137. The van der Waals surface area contributed by atoms with Crippen LogP contribution in [0.3, 0.4) is 0 Å². The highest BCUT2D eigenvalue weighted by Crippen LogP contribution is 2.27. The van der Waals surface area contributed by atoms with E-state index in [1.807, 2.05) is 17.0 Å². The topological polar surface area (TPSA) is 95.6 Å². The van der Waals surface area contributed by atoms with Crippen LogP contribution in [-0.4, -0.2) is 50.8 Å². The Kier molecular flexibility index (Phi) is 8.56. The Morgan fingerprint density at radius 2 is 1.58 bits per heavy atom. The fourth-order valence-corrected chi connectivity index (χ4v) is 5.70. The van der Waals surface area contributed by atoms with Gasteiger partial charge in [-0.15, -0.1) is 0 Å². The number of carbonyl (C=O) groups excluding carboxylic acids is 2. The van der Waals surface area contributed by atoms with E-state index in [2.05, 4.69) is 30.8 Å². The van der Waals surface area contributed by atoms with Crippen LogP contribution < -0.4 is 10.0 Å². The third-order valence-corrected chi connectivity index (χ3v) is 8.28. The van der Waals surface area contributed by atoms with Gasteiger partial charge in [0.05, 0.1) is 4.90 Å². The second-order valence-electron chi connectivity index (χ2n) is 10.4. The number of nitrogens with zero attached hydrogens (tertiary/aromatic N) is 1. The number of rotatable bonds is 7. The zero-order chi connectivity index (χ0) is 24.1. The number of sulfonamides is 1. The predicted octanol–water partition coefficient (Wildman–Crippen LogP) is 3.34. The van der Waals surface area contributed by atoms with E-state index >= 15 is 0 Å². The molecule has 1 heterocycles. The van der Waals surface area contributed by atoms with Crippen LogP contribution in [0.1, 0.15) is 77.7 Å². The minimum absolute atomic E-state index is 0.0365. The van der Waals surface area contributed by atoms with Gasteiger partial charge < -0.3 is 10.2 Å². The molecule has 33 heavy (non-hydrogen) atoms. The Labute approximate surface area is 198 Å². The van der Waals surface area contributed by atoms with Crippen LogP contribution in [-0.2, 0) is 25.0 Å². The summed E-state index contributed by atoms with van der Waals surface area (Å²) in [5.74, 6) is 0.296. The molecule has 0 aromatic heterocycles. The highest BCUT2D eigenvalue weighted by molar-refractivity contribution is 7.89. The molecule has 2 N–H and O–H groups in total. The summed E-state index contributed by atoms with van der Waals surface area (Å²) in [6.45, 7) is 7.63. The van der Waals surface area contributed by atoms with E-state index in [9.17, 15) is 18.0 Å². The van der Waals surface area contributed by atoms with Crippen molar-refractivity contribution in [2.45, 2.75) is 88.5 Å². The minimum atomic E-state index is -3.65. The van der Waals surface area contributed by atoms with Gasteiger partial charge in [0, 0.05) is 38.0 Å². The number of carbonyl (C=O) groups is 2. The first kappa shape index (κ1) is 25.7. The number of benzene rings is 1. The average Bonchev–Trinajstić information content (AvgIpc) is 2.79. The summed E-state index contributed by atoms with van der Waals surface area (Å²) in [6.07, 6.45) is 7.12. The summed E-state index contributed by atoms with van der Waals surface area (Å²) in [5.41, 5.74) is 1.01. The van der Waals surface area contributed by atoms with Crippen LogP contribution in [0.2, 0.25) is 0 Å². The van der Waals surface area contributed by atoms with Crippen molar-refractivity contribution in [1.82, 2.24) is 14.9 Å². The van der Waals surface area contributed by atoms with Crippen molar-refractivity contribution >= 4 is 21.8 Å². The minimum Gasteiger partial charge on any atom is -0.353 e. The number of hydrogen-bond donors (Lipinski definition) is 2. The highest BCUT2D eigenvalue weighted by Gasteiger charge is 2.29. The summed E-state index contributed by atoms with van der Waals surface area (Å²) in [5, 5.41) is 3.00. The molecular formula is C25H39N3O4S. The summed E-state index contributed by atoms with van der Waals surface area (Å²) in [6, 6.07) is 6.89. The number of amides is 2. The third kappa shape index (κ3) is 7.27. The average molecular weight is 478 g/mol. The van der Waals surface area contributed by atoms with Crippen LogP contribution in [0, 0.1) is 5.92 Å². The molecule has 1 aliphatic carbocycles. The molecule has 0 unspecified atom stereocenters. The molecule has 1 aromatic rings. The van der Waals surface area contributed by atoms with Gasteiger partial charge in [-0.1, -0.05) is 52.2 Å². The SMILES string of the molecule is CC(C)(C)c1ccc(S(=O)(=O)NCCC(=O)NC2CCN(C(=O)C3CCCCC3)CC2)cc1. The predicted molar refractivity (Wildman–Crippen MR) is 129 cm³/mol. The van der Waals surface area contributed by atoms with Crippen molar-refractivity contribution in [3.05, 3.63) is 29.8 Å². The van der Waals surface area contributed by atoms with Crippen LogP contribution >= 0.6 is 0 Å². The number of nitrogens with one attached hydrogen (secondary N) is 2. The van der Waals surface area contributed by atoms with Gasteiger partial charge in [-0.25, -0.2) is 13.1 Å². The van der Waals surface area contributed by atoms with E-state index in [1.165, 1.54) is 6.42 Å². The highest BCUT2D eigenvalue weighted by atomic mass is 32.2. The molecular weight excluding hydrogens is 438 g/mol. The Bertz CT molecular complexity index is 908. The zero-order valence-corrected chi connectivity index (χ0v) is 21.0. The van der Waals surface area contributed by atoms with E-state index in [-0.39, 0.29) is 47.1 Å². The lowest BCUT2D eigenvalue weighted by Crippen LogP contribution is -2.48. The molecule has 8 heteroatoms. The van der Waals surface area contributed by atoms with E-state index in [0.717, 1.165) is 44.1 Å². The molecule has 0 radical (unpaired) electrons. The second kappa shape index (κ2) is 11.0. The lowest BCUT2D eigenvalue weighted by Gasteiger charge is -2.35. The third-order valence-electron chi connectivity index (χ3n) is 6.80. The number of piperidine rings is 1. The van der Waals surface area contributed by atoms with Gasteiger partial charge in [-0.2, -0.15) is 0 Å². The lowest BCUT2D eigenvalue weighted by atomic mass is 9.87. The molecule has 1 saturated heterocycles. The van der Waals surface area contributed by atoms with Crippen molar-refractivity contribution < 1.29 is 18.0 Å². The van der Waals surface area contributed by atoms with Crippen molar-refractivity contribution in [2.75, 3.05) is 19.6 Å². The Morgan fingerprint density at radius 1 is 0.970 bits per heavy atom. The molecule has 0 atom stereocenters. The van der Waals surface area contributed by atoms with Crippen LogP contribution in [0.25, 0.3) is 0 Å². The van der Waals surface area contributed by atoms with E-state index in [0.29, 0.717) is 13.1 Å². The maximum absolute atomic E-state index is 12.7. The summed E-state index contributed by atoms with van der Waals surface area (Å²) in [7, 11) is -3.65. The maximum atomic E-state index is 12.7. The van der Waals surface area contributed by atoms with E-state index in [4.69, 9.17) is 0 Å². The normalized spacial score (nSPS) is 18.8. The molecule has 0 bridgehead atoms. The van der Waals surface area contributed by atoms with Gasteiger partial charge in [0.25, 0.3) is 0 Å². The van der Waals surface area contributed by atoms with Gasteiger partial charge in [0.1, 0.15) is 0 Å². The molecule has 2 aliphatic rings. The van der Waals surface area contributed by atoms with Crippen molar-refractivity contribution in [3.63, 3.8) is 0 Å². The Hall–Kier alpha value is -1.93.